The number of rotatable bonds is 8. The molecule has 1 fully saturated rings. The van der Waals surface area contributed by atoms with E-state index in [1.165, 1.54) is 0 Å². The second kappa shape index (κ2) is 10.0. The molecule has 0 saturated carbocycles. The third kappa shape index (κ3) is 6.07. The molecule has 1 saturated heterocycles. The van der Waals surface area contributed by atoms with Gasteiger partial charge in [0, 0.05) is 36.0 Å². The van der Waals surface area contributed by atoms with Gasteiger partial charge in [-0.25, -0.2) is 0 Å². The van der Waals surface area contributed by atoms with Crippen LogP contribution >= 0.6 is 11.6 Å². The zero-order chi connectivity index (χ0) is 25.2. The van der Waals surface area contributed by atoms with Crippen LogP contribution in [-0.4, -0.2) is 52.0 Å². The average Bonchev–Trinajstić information content (AvgIpc) is 2.73. The van der Waals surface area contributed by atoms with Crippen molar-refractivity contribution < 1.29 is 24.6 Å². The van der Waals surface area contributed by atoms with Crippen molar-refractivity contribution in [2.75, 3.05) is 13.1 Å². The highest BCUT2D eigenvalue weighted by atomic mass is 35.5. The van der Waals surface area contributed by atoms with E-state index in [1.54, 1.807) is 44.7 Å². The number of carboxylic acid groups (broad SMARTS) is 1. The van der Waals surface area contributed by atoms with Crippen LogP contribution in [0.4, 0.5) is 0 Å². The minimum atomic E-state index is -1.09. The molecule has 7 nitrogen and oxygen atoms in total. The molecule has 8 heteroatoms. The van der Waals surface area contributed by atoms with Gasteiger partial charge in [0.05, 0.1) is 16.9 Å². The summed E-state index contributed by atoms with van der Waals surface area (Å²) in [5, 5.41) is 24.2. The highest BCUT2D eigenvalue weighted by molar-refractivity contribution is 6.30. The van der Waals surface area contributed by atoms with Gasteiger partial charge in [0.2, 0.25) is 11.8 Å². The Morgan fingerprint density at radius 3 is 2.27 bits per heavy atom. The molecule has 1 aromatic rings. The number of nitrogens with zero attached hydrogens (tertiary/aromatic N) is 1. The summed E-state index contributed by atoms with van der Waals surface area (Å²) in [5.41, 5.74) is -1.89. The van der Waals surface area contributed by atoms with Crippen molar-refractivity contribution in [2.45, 2.75) is 72.4 Å². The number of amides is 2. The Balaban J connectivity index is 2.00. The summed E-state index contributed by atoms with van der Waals surface area (Å²) in [6, 6.07) is 6.76. The third-order valence-electron chi connectivity index (χ3n) is 7.17. The van der Waals surface area contributed by atoms with Crippen LogP contribution in [0.5, 0.6) is 0 Å². The van der Waals surface area contributed by atoms with E-state index in [2.05, 4.69) is 5.32 Å². The number of piperidine rings is 1. The molecule has 0 aromatic heterocycles. The van der Waals surface area contributed by atoms with Crippen LogP contribution in [-0.2, 0) is 20.0 Å². The summed E-state index contributed by atoms with van der Waals surface area (Å²) in [4.78, 5) is 38.5. The highest BCUT2D eigenvalue weighted by Gasteiger charge is 2.50. The van der Waals surface area contributed by atoms with Gasteiger partial charge < -0.3 is 20.4 Å². The summed E-state index contributed by atoms with van der Waals surface area (Å²) in [7, 11) is 0. The number of likely N-dealkylation sites (tertiary alicyclic amines) is 1. The maximum absolute atomic E-state index is 13.2. The monoisotopic (exact) mass is 480 g/mol. The van der Waals surface area contributed by atoms with Crippen LogP contribution in [0.25, 0.3) is 0 Å². The molecule has 0 spiro atoms. The predicted molar refractivity (Wildman–Crippen MR) is 128 cm³/mol. The molecule has 2 amide bonds. The summed E-state index contributed by atoms with van der Waals surface area (Å²) in [6.45, 7) is 11.4. The second-order valence-electron chi connectivity index (χ2n) is 10.6. The Kier molecular flexibility index (Phi) is 8.23. The van der Waals surface area contributed by atoms with E-state index < -0.39 is 34.4 Å². The molecule has 1 aromatic carbocycles. The molecular weight excluding hydrogens is 444 g/mol. The van der Waals surface area contributed by atoms with Crippen LogP contribution in [0, 0.1) is 16.7 Å². The lowest BCUT2D eigenvalue weighted by molar-refractivity contribution is -0.156. The SMILES string of the molecule is CC(NC(=O)CCC(C)(C)C(=O)O)[C@@H](C)C(=O)N1CC[C@](O)(c2ccc(Cl)cc2)C(C)(C)C1. The van der Waals surface area contributed by atoms with Crippen LogP contribution in [0.2, 0.25) is 5.02 Å². The lowest BCUT2D eigenvalue weighted by Crippen LogP contribution is -2.58. The van der Waals surface area contributed by atoms with E-state index in [-0.39, 0.29) is 24.7 Å². The van der Waals surface area contributed by atoms with Crippen LogP contribution in [0.1, 0.15) is 66.4 Å². The first-order valence-electron chi connectivity index (χ1n) is 11.4. The molecule has 184 valence electrons. The fourth-order valence-corrected chi connectivity index (χ4v) is 4.38. The van der Waals surface area contributed by atoms with E-state index in [4.69, 9.17) is 11.6 Å². The van der Waals surface area contributed by atoms with E-state index in [1.807, 2.05) is 26.0 Å². The highest BCUT2D eigenvalue weighted by Crippen LogP contribution is 2.46. The maximum atomic E-state index is 13.2. The number of benzene rings is 1. The third-order valence-corrected chi connectivity index (χ3v) is 7.42. The molecule has 0 bridgehead atoms. The lowest BCUT2D eigenvalue weighted by Gasteiger charge is -2.51. The molecule has 0 aliphatic carbocycles. The fourth-order valence-electron chi connectivity index (χ4n) is 4.26. The molecule has 33 heavy (non-hydrogen) atoms. The number of hydrogen-bond donors (Lipinski definition) is 3. The minimum absolute atomic E-state index is 0.0788. The summed E-state index contributed by atoms with van der Waals surface area (Å²) in [6.07, 6.45) is 0.688. The Bertz CT molecular complexity index is 883. The van der Waals surface area contributed by atoms with Gasteiger partial charge in [-0.15, -0.1) is 0 Å². The van der Waals surface area contributed by atoms with Gasteiger partial charge in [0.25, 0.3) is 0 Å². The Morgan fingerprint density at radius 1 is 1.18 bits per heavy atom. The topological polar surface area (TPSA) is 107 Å². The first-order chi connectivity index (χ1) is 15.1. The molecule has 1 heterocycles. The molecule has 2 rings (SSSR count). The standard InChI is InChI=1S/C25H37ClN2O5/c1-16(17(2)27-20(29)11-12-23(3,4)22(31)32)21(30)28-14-13-25(33,24(5,6)15-28)18-7-9-19(26)10-8-18/h7-10,16-17,33H,11-15H2,1-6H3,(H,27,29)(H,31,32)/t16-,17?,25+/m1/s1. The number of carbonyl (C=O) groups is 3. The first kappa shape index (κ1) is 27.1. The summed E-state index contributed by atoms with van der Waals surface area (Å²) >= 11 is 6.00. The lowest BCUT2D eigenvalue weighted by atomic mass is 9.66. The smallest absolute Gasteiger partial charge is 0.309 e. The van der Waals surface area contributed by atoms with Crippen molar-refractivity contribution in [3.8, 4) is 0 Å². The van der Waals surface area contributed by atoms with Crippen molar-refractivity contribution in [1.29, 1.82) is 0 Å². The van der Waals surface area contributed by atoms with Crippen LogP contribution in [0.3, 0.4) is 0 Å². The number of nitrogens with one attached hydrogen (secondary N) is 1. The van der Waals surface area contributed by atoms with Gasteiger partial charge in [0.1, 0.15) is 0 Å². The summed E-state index contributed by atoms with van der Waals surface area (Å²) in [5.74, 6) is -1.76. The Morgan fingerprint density at radius 2 is 1.76 bits per heavy atom. The quantitative estimate of drug-likeness (QED) is 0.524. The molecule has 3 atom stereocenters. The van der Waals surface area contributed by atoms with Gasteiger partial charge in [-0.1, -0.05) is 44.5 Å². The van der Waals surface area contributed by atoms with E-state index >= 15 is 0 Å². The van der Waals surface area contributed by atoms with E-state index in [9.17, 15) is 24.6 Å². The maximum Gasteiger partial charge on any atom is 0.309 e. The molecule has 1 unspecified atom stereocenters. The average molecular weight is 481 g/mol. The van der Waals surface area contributed by atoms with Gasteiger partial charge >= 0.3 is 5.97 Å². The van der Waals surface area contributed by atoms with E-state index in [0.29, 0.717) is 24.5 Å². The normalized spacial score (nSPS) is 22.4. The largest absolute Gasteiger partial charge is 0.481 e. The Hall–Kier alpha value is -2.12. The van der Waals surface area contributed by atoms with Crippen molar-refractivity contribution in [3.05, 3.63) is 34.9 Å². The summed E-state index contributed by atoms with van der Waals surface area (Å²) < 4.78 is 0. The number of hydrogen-bond acceptors (Lipinski definition) is 4. The number of carboxylic acids is 1. The molecular formula is C25H37ClN2O5. The van der Waals surface area contributed by atoms with Gasteiger partial charge in [0.15, 0.2) is 0 Å². The Labute approximate surface area is 201 Å². The number of carbonyl (C=O) groups excluding carboxylic acids is 2. The van der Waals surface area contributed by atoms with Crippen LogP contribution in [0.15, 0.2) is 24.3 Å². The number of halogens is 1. The van der Waals surface area contributed by atoms with Gasteiger partial charge in [-0.3, -0.25) is 14.4 Å². The first-order valence-corrected chi connectivity index (χ1v) is 11.8. The van der Waals surface area contributed by atoms with E-state index in [0.717, 1.165) is 5.56 Å². The fraction of sp³-hybridized carbons (Fsp3) is 0.640. The van der Waals surface area contributed by atoms with Crippen molar-refractivity contribution in [3.63, 3.8) is 0 Å². The van der Waals surface area contributed by atoms with Gasteiger partial charge in [-0.05, 0) is 51.3 Å². The zero-order valence-electron chi connectivity index (χ0n) is 20.4. The second-order valence-corrected chi connectivity index (χ2v) is 11.0. The van der Waals surface area contributed by atoms with Crippen molar-refractivity contribution in [2.24, 2.45) is 16.7 Å². The van der Waals surface area contributed by atoms with Crippen LogP contribution < -0.4 is 5.32 Å². The predicted octanol–water partition coefficient (Wildman–Crippen LogP) is 3.82. The van der Waals surface area contributed by atoms with Gasteiger partial charge in [-0.2, -0.15) is 0 Å². The zero-order valence-corrected chi connectivity index (χ0v) is 21.2. The van der Waals surface area contributed by atoms with Crippen molar-refractivity contribution in [1.82, 2.24) is 10.2 Å². The minimum Gasteiger partial charge on any atom is -0.481 e. The molecule has 0 radical (unpaired) electrons. The number of aliphatic hydroxyl groups is 1. The molecule has 3 N–H and O–H groups in total. The number of aliphatic carboxylic acids is 1. The molecule has 1 aliphatic rings. The molecule has 1 aliphatic heterocycles. The van der Waals surface area contributed by atoms with Crippen molar-refractivity contribution >= 4 is 29.4 Å².